The lowest BCUT2D eigenvalue weighted by Crippen LogP contribution is -2.60. The molecule has 17 heavy (non-hydrogen) atoms. The standard InChI is InChI=1S/C13H29N3O/c1-5-11-8-16(7-6-15(11)4)12(9-17)13(14)10(2)3/h10-13,17H,5-9,14H2,1-4H3. The summed E-state index contributed by atoms with van der Waals surface area (Å²) in [6.45, 7) is 9.75. The van der Waals surface area contributed by atoms with Crippen LogP contribution >= 0.6 is 0 Å². The Morgan fingerprint density at radius 2 is 2.00 bits per heavy atom. The zero-order chi connectivity index (χ0) is 13.0. The second-order valence-electron chi connectivity index (χ2n) is 5.61. The topological polar surface area (TPSA) is 52.7 Å². The zero-order valence-corrected chi connectivity index (χ0v) is 11.8. The van der Waals surface area contributed by atoms with Gasteiger partial charge in [0.1, 0.15) is 0 Å². The summed E-state index contributed by atoms with van der Waals surface area (Å²) in [5.41, 5.74) is 6.21. The molecule has 1 heterocycles. The SMILES string of the molecule is CCC1CN(C(CO)C(N)C(C)C)CCN1C. The lowest BCUT2D eigenvalue weighted by Gasteiger charge is -2.44. The number of hydrogen-bond acceptors (Lipinski definition) is 4. The molecule has 3 unspecified atom stereocenters. The molecule has 4 nitrogen and oxygen atoms in total. The normalized spacial score (nSPS) is 27.4. The van der Waals surface area contributed by atoms with E-state index in [1.165, 1.54) is 0 Å². The van der Waals surface area contributed by atoms with Crippen molar-refractivity contribution in [3.8, 4) is 0 Å². The quantitative estimate of drug-likeness (QED) is 0.732. The molecule has 4 heteroatoms. The van der Waals surface area contributed by atoms with Gasteiger partial charge in [-0.05, 0) is 19.4 Å². The van der Waals surface area contributed by atoms with E-state index in [0.29, 0.717) is 12.0 Å². The highest BCUT2D eigenvalue weighted by Crippen LogP contribution is 2.17. The Morgan fingerprint density at radius 3 is 2.47 bits per heavy atom. The molecule has 0 aromatic heterocycles. The van der Waals surface area contributed by atoms with Crippen LogP contribution in [0.2, 0.25) is 0 Å². The first-order valence-corrected chi connectivity index (χ1v) is 6.82. The molecule has 102 valence electrons. The summed E-state index contributed by atoms with van der Waals surface area (Å²) in [5, 5.41) is 9.59. The Labute approximate surface area is 106 Å². The number of nitrogens with zero attached hydrogens (tertiary/aromatic N) is 2. The average Bonchev–Trinajstić information content (AvgIpc) is 2.31. The molecule has 0 amide bonds. The highest BCUT2D eigenvalue weighted by atomic mass is 16.3. The minimum Gasteiger partial charge on any atom is -0.395 e. The largest absolute Gasteiger partial charge is 0.395 e. The van der Waals surface area contributed by atoms with Crippen molar-refractivity contribution >= 4 is 0 Å². The molecule has 0 aromatic rings. The maximum absolute atomic E-state index is 9.59. The van der Waals surface area contributed by atoms with E-state index in [9.17, 15) is 5.11 Å². The van der Waals surface area contributed by atoms with Crippen LogP contribution < -0.4 is 5.73 Å². The number of piperazine rings is 1. The number of hydrogen-bond donors (Lipinski definition) is 2. The molecule has 1 rings (SSSR count). The van der Waals surface area contributed by atoms with E-state index in [2.05, 4.69) is 37.6 Å². The van der Waals surface area contributed by atoms with E-state index in [-0.39, 0.29) is 18.7 Å². The molecular formula is C13H29N3O. The third kappa shape index (κ3) is 3.65. The summed E-state index contributed by atoms with van der Waals surface area (Å²) in [7, 11) is 2.18. The summed E-state index contributed by atoms with van der Waals surface area (Å²) in [4.78, 5) is 4.78. The van der Waals surface area contributed by atoms with Crippen LogP contribution in [0, 0.1) is 5.92 Å². The minimum absolute atomic E-state index is 0.0564. The third-order valence-corrected chi connectivity index (χ3v) is 4.15. The predicted molar refractivity (Wildman–Crippen MR) is 72.0 cm³/mol. The van der Waals surface area contributed by atoms with E-state index in [1.807, 2.05) is 0 Å². The molecule has 0 aromatic carbocycles. The molecule has 3 atom stereocenters. The van der Waals surface area contributed by atoms with Crippen LogP contribution in [0.15, 0.2) is 0 Å². The van der Waals surface area contributed by atoms with Crippen LogP contribution in [0.5, 0.6) is 0 Å². The van der Waals surface area contributed by atoms with Crippen LogP contribution in [-0.2, 0) is 0 Å². The Bertz CT molecular complexity index is 223. The Morgan fingerprint density at radius 1 is 1.35 bits per heavy atom. The zero-order valence-electron chi connectivity index (χ0n) is 11.8. The molecule has 1 saturated heterocycles. The summed E-state index contributed by atoms with van der Waals surface area (Å²) in [5.74, 6) is 0.409. The molecule has 0 saturated carbocycles. The van der Waals surface area contributed by atoms with Crippen LogP contribution in [0.4, 0.5) is 0 Å². The van der Waals surface area contributed by atoms with Crippen LogP contribution in [0.25, 0.3) is 0 Å². The fraction of sp³-hybridized carbons (Fsp3) is 1.00. The molecule has 1 fully saturated rings. The van der Waals surface area contributed by atoms with Crippen molar-refractivity contribution in [1.29, 1.82) is 0 Å². The van der Waals surface area contributed by atoms with Gasteiger partial charge in [-0.3, -0.25) is 4.90 Å². The van der Waals surface area contributed by atoms with E-state index < -0.39 is 0 Å². The first-order valence-electron chi connectivity index (χ1n) is 6.82. The minimum atomic E-state index is 0.0564. The summed E-state index contributed by atoms with van der Waals surface area (Å²) >= 11 is 0. The van der Waals surface area contributed by atoms with Crippen molar-refractivity contribution in [1.82, 2.24) is 9.80 Å². The van der Waals surface area contributed by atoms with Crippen molar-refractivity contribution in [3.05, 3.63) is 0 Å². The number of likely N-dealkylation sites (N-methyl/N-ethyl adjacent to an activating group) is 1. The fourth-order valence-corrected chi connectivity index (χ4v) is 2.64. The van der Waals surface area contributed by atoms with Gasteiger partial charge in [-0.25, -0.2) is 0 Å². The van der Waals surface area contributed by atoms with E-state index >= 15 is 0 Å². The van der Waals surface area contributed by atoms with Crippen molar-refractivity contribution in [3.63, 3.8) is 0 Å². The number of aliphatic hydroxyl groups is 1. The first kappa shape index (κ1) is 14.9. The lowest BCUT2D eigenvalue weighted by molar-refractivity contribution is 0.0238. The molecule has 0 bridgehead atoms. The Kier molecular flexibility index (Phi) is 5.86. The highest BCUT2D eigenvalue weighted by Gasteiger charge is 2.31. The number of rotatable bonds is 5. The molecule has 3 N–H and O–H groups in total. The van der Waals surface area contributed by atoms with E-state index in [4.69, 9.17) is 5.73 Å². The monoisotopic (exact) mass is 243 g/mol. The van der Waals surface area contributed by atoms with Crippen molar-refractivity contribution in [2.45, 2.75) is 45.3 Å². The van der Waals surface area contributed by atoms with Gasteiger partial charge < -0.3 is 15.7 Å². The molecule has 0 aliphatic carbocycles. The smallest absolute Gasteiger partial charge is 0.0602 e. The molecule has 0 radical (unpaired) electrons. The van der Waals surface area contributed by atoms with E-state index in [0.717, 1.165) is 26.1 Å². The van der Waals surface area contributed by atoms with Crippen LogP contribution in [0.1, 0.15) is 27.2 Å². The number of nitrogens with two attached hydrogens (primary N) is 1. The van der Waals surface area contributed by atoms with Gasteiger partial charge in [-0.15, -0.1) is 0 Å². The molecule has 1 aliphatic rings. The second kappa shape index (κ2) is 6.69. The van der Waals surface area contributed by atoms with Gasteiger partial charge in [0.2, 0.25) is 0 Å². The van der Waals surface area contributed by atoms with Gasteiger partial charge >= 0.3 is 0 Å². The van der Waals surface area contributed by atoms with Crippen molar-refractivity contribution < 1.29 is 5.11 Å². The third-order valence-electron chi connectivity index (χ3n) is 4.15. The van der Waals surface area contributed by atoms with Crippen LogP contribution in [0.3, 0.4) is 0 Å². The number of aliphatic hydroxyl groups excluding tert-OH is 1. The summed E-state index contributed by atoms with van der Waals surface area (Å²) in [6, 6.07) is 0.760. The Hall–Kier alpha value is -0.160. The Balaban J connectivity index is 2.64. The predicted octanol–water partition coefficient (Wildman–Crippen LogP) is 0.357. The van der Waals surface area contributed by atoms with Gasteiger partial charge in [-0.1, -0.05) is 20.8 Å². The molecule has 0 spiro atoms. The lowest BCUT2D eigenvalue weighted by atomic mass is 9.95. The summed E-state index contributed by atoms with van der Waals surface area (Å²) in [6.07, 6.45) is 1.15. The molecule has 1 aliphatic heterocycles. The maximum Gasteiger partial charge on any atom is 0.0602 e. The van der Waals surface area contributed by atoms with Gasteiger partial charge in [0.15, 0.2) is 0 Å². The van der Waals surface area contributed by atoms with Gasteiger partial charge in [-0.2, -0.15) is 0 Å². The fourth-order valence-electron chi connectivity index (χ4n) is 2.64. The maximum atomic E-state index is 9.59. The van der Waals surface area contributed by atoms with Crippen molar-refractivity contribution in [2.75, 3.05) is 33.3 Å². The second-order valence-corrected chi connectivity index (χ2v) is 5.61. The molecular weight excluding hydrogens is 214 g/mol. The summed E-state index contributed by atoms with van der Waals surface area (Å²) < 4.78 is 0. The van der Waals surface area contributed by atoms with E-state index in [1.54, 1.807) is 0 Å². The van der Waals surface area contributed by atoms with Gasteiger partial charge in [0.05, 0.1) is 6.61 Å². The van der Waals surface area contributed by atoms with Gasteiger partial charge in [0.25, 0.3) is 0 Å². The average molecular weight is 243 g/mol. The van der Waals surface area contributed by atoms with Gasteiger partial charge in [0, 0.05) is 37.8 Å². The first-order chi connectivity index (χ1) is 8.01. The van der Waals surface area contributed by atoms with Crippen LogP contribution in [-0.4, -0.2) is 66.3 Å². The van der Waals surface area contributed by atoms with Crippen molar-refractivity contribution in [2.24, 2.45) is 11.7 Å². The highest BCUT2D eigenvalue weighted by molar-refractivity contribution is 4.89.